The van der Waals surface area contributed by atoms with E-state index < -0.39 is 6.09 Å². The molecular formula is C26H24ClN9O4. The number of carbonyl (C=O) groups is 1. The second kappa shape index (κ2) is 11.9. The van der Waals surface area contributed by atoms with E-state index in [1.807, 2.05) is 12.1 Å². The van der Waals surface area contributed by atoms with Gasteiger partial charge in [-0.3, -0.25) is 14.7 Å². The van der Waals surface area contributed by atoms with Gasteiger partial charge in [-0.15, -0.1) is 5.10 Å². The second-order valence-corrected chi connectivity index (χ2v) is 9.04. The first-order chi connectivity index (χ1) is 19.4. The Hall–Kier alpha value is -4.88. The van der Waals surface area contributed by atoms with E-state index in [0.29, 0.717) is 45.9 Å². The number of carbonyl (C=O) groups excluding carboxylic acids is 1. The van der Waals surface area contributed by atoms with Gasteiger partial charge in [0.05, 0.1) is 36.4 Å². The molecule has 40 heavy (non-hydrogen) atoms. The highest BCUT2D eigenvalue weighted by molar-refractivity contribution is 6.31. The van der Waals surface area contributed by atoms with Crippen LogP contribution in [0.4, 0.5) is 10.5 Å². The van der Waals surface area contributed by atoms with Crippen molar-refractivity contribution in [2.75, 3.05) is 25.6 Å². The van der Waals surface area contributed by atoms with Crippen LogP contribution in [0, 0.1) is 6.92 Å². The molecule has 0 aliphatic rings. The van der Waals surface area contributed by atoms with Gasteiger partial charge in [0, 0.05) is 29.4 Å². The van der Waals surface area contributed by atoms with Crippen LogP contribution in [0.2, 0.25) is 5.02 Å². The monoisotopic (exact) mass is 561 g/mol. The molecule has 0 radical (unpaired) electrons. The van der Waals surface area contributed by atoms with Crippen LogP contribution in [0.5, 0.6) is 0 Å². The van der Waals surface area contributed by atoms with Crippen molar-refractivity contribution in [2.24, 2.45) is 0 Å². The lowest BCUT2D eigenvalue weighted by atomic mass is 10.1. The molecule has 0 spiro atoms. The van der Waals surface area contributed by atoms with E-state index in [1.165, 1.54) is 28.8 Å². The van der Waals surface area contributed by atoms with Crippen LogP contribution in [0.25, 0.3) is 28.2 Å². The summed E-state index contributed by atoms with van der Waals surface area (Å²) in [7, 11) is 1.53. The number of imidazole rings is 1. The number of nitrogens with zero attached hydrogens (tertiary/aromatic N) is 7. The first-order valence-electron chi connectivity index (χ1n) is 12.1. The maximum Gasteiger partial charge on any atom is 0.411 e. The van der Waals surface area contributed by atoms with Gasteiger partial charge in [0.25, 0.3) is 5.56 Å². The fourth-order valence-electron chi connectivity index (χ4n) is 3.98. The van der Waals surface area contributed by atoms with Gasteiger partial charge < -0.3 is 14.5 Å². The van der Waals surface area contributed by atoms with E-state index in [9.17, 15) is 9.59 Å². The minimum absolute atomic E-state index is 0.167. The maximum atomic E-state index is 13.2. The number of H-pyrrole nitrogens is 1. The molecule has 0 saturated carbocycles. The maximum absolute atomic E-state index is 13.2. The standard InChI is InChI=1S/C26H24ClN9O4/c1-16-30-21(20-11-18(27)5-8-23(20)36-15-29-33-34-36)12-25(37)35(16)14-24-28-13-22(32-24)17-3-6-19(7-4-17)31-26(38)40-10-9-39-2/h3-8,11-13,15H,9-10,14H2,1-2H3,(H,28,32)(H,31,38). The predicted molar refractivity (Wildman–Crippen MR) is 146 cm³/mol. The van der Waals surface area contributed by atoms with Crippen molar-refractivity contribution >= 4 is 23.4 Å². The quantitative estimate of drug-likeness (QED) is 0.257. The Labute approximate surface area is 232 Å². The Morgan fingerprint density at radius 1 is 1.12 bits per heavy atom. The molecule has 14 heteroatoms. The van der Waals surface area contributed by atoms with E-state index in [4.69, 9.17) is 21.1 Å². The summed E-state index contributed by atoms with van der Waals surface area (Å²) in [6, 6.07) is 13.8. The molecule has 0 atom stereocenters. The number of halogens is 1. The van der Waals surface area contributed by atoms with Gasteiger partial charge >= 0.3 is 6.09 Å². The van der Waals surface area contributed by atoms with Crippen LogP contribution in [0.1, 0.15) is 11.6 Å². The number of hydrogen-bond acceptors (Lipinski definition) is 9. The highest BCUT2D eigenvalue weighted by Crippen LogP contribution is 2.27. The topological polar surface area (TPSA) is 155 Å². The van der Waals surface area contributed by atoms with Crippen molar-refractivity contribution in [1.29, 1.82) is 0 Å². The molecule has 13 nitrogen and oxygen atoms in total. The molecule has 3 aromatic heterocycles. The number of rotatable bonds is 9. The summed E-state index contributed by atoms with van der Waals surface area (Å²) >= 11 is 6.24. The molecule has 5 aromatic rings. The molecule has 0 unspecified atom stereocenters. The lowest BCUT2D eigenvalue weighted by molar-refractivity contribution is 0.107. The number of aryl methyl sites for hydroxylation is 1. The van der Waals surface area contributed by atoms with Crippen molar-refractivity contribution in [3.8, 4) is 28.2 Å². The van der Waals surface area contributed by atoms with Gasteiger partial charge in [-0.25, -0.2) is 14.8 Å². The van der Waals surface area contributed by atoms with Crippen LogP contribution >= 0.6 is 11.6 Å². The van der Waals surface area contributed by atoms with Crippen LogP contribution in [0.3, 0.4) is 0 Å². The number of hydrogen-bond donors (Lipinski definition) is 2. The van der Waals surface area contributed by atoms with Crippen molar-refractivity contribution in [3.63, 3.8) is 0 Å². The largest absolute Gasteiger partial charge is 0.447 e. The SMILES string of the molecule is COCCOC(=O)Nc1ccc(-c2cnc(Cn3c(C)nc(-c4cc(Cl)ccc4-n4cnnn4)cc3=O)[nH]2)cc1. The number of aromatic nitrogens is 8. The zero-order valence-corrected chi connectivity index (χ0v) is 22.3. The number of benzene rings is 2. The Bertz CT molecular complexity index is 1680. The lowest BCUT2D eigenvalue weighted by Crippen LogP contribution is -2.24. The normalized spacial score (nSPS) is 11.0. The molecule has 0 fully saturated rings. The number of amides is 1. The molecule has 3 heterocycles. The van der Waals surface area contributed by atoms with Crippen LogP contribution in [-0.2, 0) is 16.0 Å². The zero-order chi connectivity index (χ0) is 28.1. The minimum Gasteiger partial charge on any atom is -0.447 e. The summed E-state index contributed by atoms with van der Waals surface area (Å²) < 4.78 is 12.9. The minimum atomic E-state index is -0.559. The first-order valence-corrected chi connectivity index (χ1v) is 12.5. The lowest BCUT2D eigenvalue weighted by Gasteiger charge is -2.12. The third-order valence-corrected chi connectivity index (χ3v) is 6.16. The van der Waals surface area contributed by atoms with Gasteiger partial charge in [-0.05, 0) is 53.2 Å². The molecule has 0 bridgehead atoms. The molecule has 0 aliphatic heterocycles. The fraction of sp³-hybridized carbons (Fsp3) is 0.192. The second-order valence-electron chi connectivity index (χ2n) is 8.60. The third-order valence-electron chi connectivity index (χ3n) is 5.93. The van der Waals surface area contributed by atoms with E-state index >= 15 is 0 Å². The number of ether oxygens (including phenoxy) is 2. The van der Waals surface area contributed by atoms with Crippen molar-refractivity contribution < 1.29 is 14.3 Å². The number of anilines is 1. The number of nitrogens with one attached hydrogen (secondary N) is 2. The van der Waals surface area contributed by atoms with Crippen LogP contribution < -0.4 is 10.9 Å². The molecule has 2 aromatic carbocycles. The van der Waals surface area contributed by atoms with Gasteiger partial charge in [0.1, 0.15) is 24.6 Å². The van der Waals surface area contributed by atoms with Crippen molar-refractivity contribution in [1.82, 2.24) is 39.7 Å². The number of methoxy groups -OCH3 is 1. The zero-order valence-electron chi connectivity index (χ0n) is 21.5. The molecule has 5 rings (SSSR count). The van der Waals surface area contributed by atoms with Gasteiger partial charge in [-0.2, -0.15) is 4.68 Å². The number of aromatic amines is 1. The van der Waals surface area contributed by atoms with Crippen molar-refractivity contribution in [3.05, 3.63) is 88.1 Å². The van der Waals surface area contributed by atoms with E-state index in [1.54, 1.807) is 43.5 Å². The molecule has 204 valence electrons. The van der Waals surface area contributed by atoms with Gasteiger partial charge in [-0.1, -0.05) is 23.7 Å². The van der Waals surface area contributed by atoms with E-state index in [0.717, 1.165) is 11.3 Å². The first kappa shape index (κ1) is 26.7. The van der Waals surface area contributed by atoms with Crippen LogP contribution in [0.15, 0.2) is 65.8 Å². The van der Waals surface area contributed by atoms with Gasteiger partial charge in [0.15, 0.2) is 0 Å². The molecule has 2 N–H and O–H groups in total. The molecule has 0 aliphatic carbocycles. The van der Waals surface area contributed by atoms with Crippen LogP contribution in [-0.4, -0.2) is 66.1 Å². The summed E-state index contributed by atoms with van der Waals surface area (Å²) in [4.78, 5) is 37.3. The third kappa shape index (κ3) is 6.06. The summed E-state index contributed by atoms with van der Waals surface area (Å²) in [6.07, 6.45) is 2.58. The Kier molecular flexibility index (Phi) is 7.94. The molecular weight excluding hydrogens is 538 g/mol. The highest BCUT2D eigenvalue weighted by atomic mass is 35.5. The Morgan fingerprint density at radius 3 is 2.67 bits per heavy atom. The summed E-state index contributed by atoms with van der Waals surface area (Å²) in [6.45, 7) is 2.44. The Balaban J connectivity index is 1.32. The highest BCUT2D eigenvalue weighted by Gasteiger charge is 2.15. The van der Waals surface area contributed by atoms with Gasteiger partial charge in [0.2, 0.25) is 0 Å². The number of tetrazole rings is 1. The summed E-state index contributed by atoms with van der Waals surface area (Å²) in [5, 5.41) is 14.4. The van der Waals surface area contributed by atoms with E-state index in [-0.39, 0.29) is 18.7 Å². The smallest absolute Gasteiger partial charge is 0.411 e. The Morgan fingerprint density at radius 2 is 1.95 bits per heavy atom. The molecule has 0 saturated heterocycles. The average Bonchev–Trinajstić information content (AvgIpc) is 3.64. The van der Waals surface area contributed by atoms with Crippen molar-refractivity contribution in [2.45, 2.75) is 13.5 Å². The van der Waals surface area contributed by atoms with E-state index in [2.05, 4.69) is 35.8 Å². The predicted octanol–water partition coefficient (Wildman–Crippen LogP) is 3.48. The fourth-order valence-corrected chi connectivity index (χ4v) is 4.15. The summed E-state index contributed by atoms with van der Waals surface area (Å²) in [5.41, 5.74) is 3.64. The molecule has 1 amide bonds. The summed E-state index contributed by atoms with van der Waals surface area (Å²) in [5.74, 6) is 1.08. The average molecular weight is 562 g/mol.